The van der Waals surface area contributed by atoms with Gasteiger partial charge in [-0.25, -0.2) is 9.97 Å². The Balaban J connectivity index is 1.94. The maximum atomic E-state index is 12.0. The molecule has 2 N–H and O–H groups in total. The molecular weight excluding hydrogens is 352 g/mol. The Kier molecular flexibility index (Phi) is 5.02. The number of aromatic hydroxyl groups is 1. The van der Waals surface area contributed by atoms with Crippen LogP contribution >= 0.6 is 0 Å². The van der Waals surface area contributed by atoms with Crippen LogP contribution in [0, 0.1) is 4.91 Å². The average Bonchev–Trinajstić information content (AvgIpc) is 2.71. The van der Waals surface area contributed by atoms with Crippen LogP contribution in [0.1, 0.15) is 10.5 Å². The van der Waals surface area contributed by atoms with Crippen molar-refractivity contribution >= 4 is 22.7 Å². The molecule has 136 valence electrons. The van der Waals surface area contributed by atoms with Gasteiger partial charge in [0.2, 0.25) is 0 Å². The number of fused-ring (bicyclic) bond motifs is 1. The monoisotopic (exact) mass is 366 g/mol. The van der Waals surface area contributed by atoms with Gasteiger partial charge in [-0.1, -0.05) is 12.1 Å². The maximum absolute atomic E-state index is 12.0. The molecule has 0 radical (unpaired) electrons. The summed E-state index contributed by atoms with van der Waals surface area (Å²) in [6, 6.07) is 10.6. The molecule has 0 fully saturated rings. The van der Waals surface area contributed by atoms with Crippen LogP contribution in [-0.4, -0.2) is 40.5 Å². The number of carbonyl (C=O) groups excluding carboxylic acids is 2. The first kappa shape index (κ1) is 17.9. The first-order valence-corrected chi connectivity index (χ1v) is 7.81. The van der Waals surface area contributed by atoms with E-state index in [0.29, 0.717) is 22.3 Å². The van der Waals surface area contributed by atoms with Crippen molar-refractivity contribution in [1.29, 1.82) is 0 Å². The highest BCUT2D eigenvalue weighted by atomic mass is 16.5. The molecule has 1 aromatic carbocycles. The van der Waals surface area contributed by atoms with Crippen molar-refractivity contribution in [3.05, 3.63) is 53.2 Å². The average molecular weight is 366 g/mol. The third-order valence-corrected chi connectivity index (χ3v) is 3.80. The molecule has 2 amide bonds. The zero-order chi connectivity index (χ0) is 19.4. The van der Waals surface area contributed by atoms with Crippen molar-refractivity contribution in [2.45, 2.75) is 0 Å². The van der Waals surface area contributed by atoms with Crippen molar-refractivity contribution in [3.8, 4) is 22.8 Å². The van der Waals surface area contributed by atoms with Gasteiger partial charge in [0.1, 0.15) is 12.3 Å². The lowest BCUT2D eigenvalue weighted by Gasteiger charge is -2.09. The van der Waals surface area contributed by atoms with Gasteiger partial charge in [-0.05, 0) is 24.3 Å². The van der Waals surface area contributed by atoms with Gasteiger partial charge < -0.3 is 15.2 Å². The van der Waals surface area contributed by atoms with E-state index in [1.807, 2.05) is 24.3 Å². The SMILES string of the molecule is COc1cccc(-c2ccc3c(O)c(C(=O)NCC(=O)N=O)ncc3n2)c1. The number of hydrogen-bond acceptors (Lipinski definition) is 7. The van der Waals surface area contributed by atoms with Gasteiger partial charge in [0.15, 0.2) is 11.4 Å². The summed E-state index contributed by atoms with van der Waals surface area (Å²) in [6.45, 7) is -0.575. The molecule has 9 heteroatoms. The molecule has 0 bridgehead atoms. The van der Waals surface area contributed by atoms with E-state index in [1.54, 1.807) is 19.2 Å². The predicted octanol–water partition coefficient (Wildman–Crippen LogP) is 2.03. The van der Waals surface area contributed by atoms with Crippen LogP contribution in [0.15, 0.2) is 47.8 Å². The van der Waals surface area contributed by atoms with Crippen molar-refractivity contribution in [2.24, 2.45) is 5.18 Å². The normalized spacial score (nSPS) is 10.4. The summed E-state index contributed by atoms with van der Waals surface area (Å²) in [5, 5.41) is 15.0. The lowest BCUT2D eigenvalue weighted by atomic mass is 10.1. The van der Waals surface area contributed by atoms with Gasteiger partial charge in [0.05, 0.1) is 24.5 Å². The van der Waals surface area contributed by atoms with Gasteiger partial charge in [-0.3, -0.25) is 9.59 Å². The lowest BCUT2D eigenvalue weighted by molar-refractivity contribution is -0.117. The van der Waals surface area contributed by atoms with Gasteiger partial charge in [0, 0.05) is 16.1 Å². The van der Waals surface area contributed by atoms with Crippen molar-refractivity contribution in [2.75, 3.05) is 13.7 Å². The van der Waals surface area contributed by atoms with Crippen LogP contribution in [-0.2, 0) is 4.79 Å². The number of pyridine rings is 2. The second kappa shape index (κ2) is 7.56. The van der Waals surface area contributed by atoms with Gasteiger partial charge >= 0.3 is 5.91 Å². The maximum Gasteiger partial charge on any atom is 0.305 e. The number of nitrogens with zero attached hydrogens (tertiary/aromatic N) is 3. The summed E-state index contributed by atoms with van der Waals surface area (Å²) < 4.78 is 5.20. The molecule has 27 heavy (non-hydrogen) atoms. The number of amides is 2. The minimum absolute atomic E-state index is 0.280. The number of rotatable bonds is 5. The molecule has 0 spiro atoms. The Hall–Kier alpha value is -3.88. The van der Waals surface area contributed by atoms with E-state index in [-0.39, 0.29) is 11.4 Å². The third kappa shape index (κ3) is 3.71. The second-order valence-corrected chi connectivity index (χ2v) is 5.48. The van der Waals surface area contributed by atoms with E-state index in [9.17, 15) is 19.6 Å². The van der Waals surface area contributed by atoms with Gasteiger partial charge in [-0.2, -0.15) is 0 Å². The quantitative estimate of drug-likeness (QED) is 0.661. The number of carbonyl (C=O) groups is 2. The highest BCUT2D eigenvalue weighted by Gasteiger charge is 2.17. The number of nitroso groups, excluding NO2 is 1. The van der Waals surface area contributed by atoms with Gasteiger partial charge in [-0.15, -0.1) is 4.91 Å². The standard InChI is InChI=1S/C18H14N4O5/c1-27-11-4-2-3-10(7-11)13-6-5-12-14(21-13)8-19-16(17(12)24)18(25)20-9-15(23)22-26/h2-8,24H,9H2,1H3,(H,20,25). The Morgan fingerprint density at radius 2 is 2.07 bits per heavy atom. The smallest absolute Gasteiger partial charge is 0.305 e. The summed E-state index contributed by atoms with van der Waals surface area (Å²) in [4.78, 5) is 41.3. The topological polar surface area (TPSA) is 131 Å². The van der Waals surface area contributed by atoms with E-state index < -0.39 is 18.4 Å². The van der Waals surface area contributed by atoms with Crippen molar-refractivity contribution in [3.63, 3.8) is 0 Å². The first-order valence-electron chi connectivity index (χ1n) is 7.81. The first-order chi connectivity index (χ1) is 13.0. The Morgan fingerprint density at radius 1 is 1.26 bits per heavy atom. The molecule has 2 heterocycles. The number of ether oxygens (including phenoxy) is 1. The summed E-state index contributed by atoms with van der Waals surface area (Å²) >= 11 is 0. The summed E-state index contributed by atoms with van der Waals surface area (Å²) in [5.74, 6) is -1.53. The Morgan fingerprint density at radius 3 is 2.81 bits per heavy atom. The second-order valence-electron chi connectivity index (χ2n) is 5.48. The minimum atomic E-state index is -1.03. The van der Waals surface area contributed by atoms with Crippen LogP contribution in [0.2, 0.25) is 0 Å². The Labute approximate surface area is 153 Å². The molecule has 0 aliphatic rings. The van der Waals surface area contributed by atoms with Crippen LogP contribution < -0.4 is 10.1 Å². The number of methoxy groups -OCH3 is 1. The van der Waals surface area contributed by atoms with E-state index in [1.165, 1.54) is 6.20 Å². The van der Waals surface area contributed by atoms with E-state index in [2.05, 4.69) is 20.5 Å². The van der Waals surface area contributed by atoms with Gasteiger partial charge in [0.25, 0.3) is 5.91 Å². The predicted molar refractivity (Wildman–Crippen MR) is 96.3 cm³/mol. The Bertz CT molecular complexity index is 1050. The molecule has 0 atom stereocenters. The highest BCUT2D eigenvalue weighted by Crippen LogP contribution is 2.29. The van der Waals surface area contributed by atoms with E-state index in [0.717, 1.165) is 5.56 Å². The van der Waals surface area contributed by atoms with Crippen molar-refractivity contribution < 1.29 is 19.4 Å². The number of aromatic nitrogens is 2. The zero-order valence-corrected chi connectivity index (χ0v) is 14.2. The van der Waals surface area contributed by atoms with Crippen LogP contribution in [0.25, 0.3) is 22.2 Å². The molecule has 2 aromatic heterocycles. The number of hydrogen-bond donors (Lipinski definition) is 2. The molecule has 0 unspecified atom stereocenters. The molecule has 3 aromatic rings. The van der Waals surface area contributed by atoms with E-state index >= 15 is 0 Å². The number of nitrogens with one attached hydrogen (secondary N) is 1. The lowest BCUT2D eigenvalue weighted by Crippen LogP contribution is -2.29. The molecular formula is C18H14N4O5. The van der Waals surface area contributed by atoms with Crippen LogP contribution in [0.4, 0.5) is 0 Å². The summed E-state index contributed by atoms with van der Waals surface area (Å²) in [5.41, 5.74) is 1.56. The molecule has 0 aliphatic carbocycles. The fourth-order valence-electron chi connectivity index (χ4n) is 2.47. The largest absolute Gasteiger partial charge is 0.505 e. The summed E-state index contributed by atoms with van der Waals surface area (Å²) in [7, 11) is 1.57. The fourth-order valence-corrected chi connectivity index (χ4v) is 2.47. The van der Waals surface area contributed by atoms with Crippen molar-refractivity contribution in [1.82, 2.24) is 15.3 Å². The summed E-state index contributed by atoms with van der Waals surface area (Å²) in [6.07, 6.45) is 1.34. The fraction of sp³-hybridized carbons (Fsp3) is 0.111. The zero-order valence-electron chi connectivity index (χ0n) is 14.2. The minimum Gasteiger partial charge on any atom is -0.505 e. The molecule has 9 nitrogen and oxygen atoms in total. The third-order valence-electron chi connectivity index (χ3n) is 3.80. The molecule has 0 saturated carbocycles. The van der Waals surface area contributed by atoms with E-state index in [4.69, 9.17) is 4.74 Å². The molecule has 0 aliphatic heterocycles. The molecule has 3 rings (SSSR count). The number of benzene rings is 1. The molecule has 0 saturated heterocycles. The van der Waals surface area contributed by atoms with Crippen LogP contribution in [0.5, 0.6) is 11.5 Å². The highest BCUT2D eigenvalue weighted by molar-refractivity contribution is 6.02. The van der Waals surface area contributed by atoms with Crippen LogP contribution in [0.3, 0.4) is 0 Å².